The first-order valence-corrected chi connectivity index (χ1v) is 8.80. The van der Waals surface area contributed by atoms with Crippen LogP contribution in [0.1, 0.15) is 23.1 Å². The molecule has 1 aliphatic heterocycles. The van der Waals surface area contributed by atoms with Gasteiger partial charge in [-0.2, -0.15) is 0 Å². The largest absolute Gasteiger partial charge is 0.360 e. The van der Waals surface area contributed by atoms with Gasteiger partial charge in [-0.15, -0.1) is 0 Å². The molecule has 0 bridgehead atoms. The molecule has 0 unspecified atom stereocenters. The summed E-state index contributed by atoms with van der Waals surface area (Å²) in [5.74, 6) is 0.205. The summed E-state index contributed by atoms with van der Waals surface area (Å²) in [6.45, 7) is 3.61. The van der Waals surface area contributed by atoms with Gasteiger partial charge in [-0.05, 0) is 30.0 Å². The number of rotatable bonds is 3. The van der Waals surface area contributed by atoms with E-state index in [0.29, 0.717) is 13.0 Å². The number of aromatic amines is 1. The Bertz CT molecular complexity index is 937. The fourth-order valence-electron chi connectivity index (χ4n) is 3.59. The van der Waals surface area contributed by atoms with Gasteiger partial charge < -0.3 is 9.88 Å². The second-order valence-electron chi connectivity index (χ2n) is 6.68. The average Bonchev–Trinajstić information content (AvgIpc) is 3.08. The van der Waals surface area contributed by atoms with Gasteiger partial charge in [0, 0.05) is 35.8 Å². The van der Waals surface area contributed by atoms with Gasteiger partial charge in [0.2, 0.25) is 5.91 Å². The number of nitrogens with zero attached hydrogens (tertiary/aromatic N) is 1. The van der Waals surface area contributed by atoms with Crippen LogP contribution in [0, 0.1) is 6.92 Å². The molecule has 4 rings (SSSR count). The lowest BCUT2D eigenvalue weighted by Crippen LogP contribution is -2.35. The van der Waals surface area contributed by atoms with E-state index < -0.39 is 0 Å². The van der Waals surface area contributed by atoms with E-state index in [9.17, 15) is 4.79 Å². The Labute approximate surface area is 148 Å². The van der Waals surface area contributed by atoms with Crippen LogP contribution in [0.5, 0.6) is 0 Å². The van der Waals surface area contributed by atoms with Gasteiger partial charge in [-0.1, -0.05) is 54.6 Å². The molecular weight excluding hydrogens is 308 g/mol. The van der Waals surface area contributed by atoms with Crippen LogP contribution in [-0.2, 0) is 11.2 Å². The first-order chi connectivity index (χ1) is 12.2. The summed E-state index contributed by atoms with van der Waals surface area (Å²) >= 11 is 0. The third kappa shape index (κ3) is 3.10. The second kappa shape index (κ2) is 6.60. The second-order valence-corrected chi connectivity index (χ2v) is 6.68. The summed E-state index contributed by atoms with van der Waals surface area (Å²) < 4.78 is 0. The molecule has 0 radical (unpaired) electrons. The summed E-state index contributed by atoms with van der Waals surface area (Å²) in [6, 6.07) is 16.4. The molecule has 0 aliphatic carbocycles. The van der Waals surface area contributed by atoms with Gasteiger partial charge in [0.25, 0.3) is 0 Å². The van der Waals surface area contributed by atoms with Gasteiger partial charge in [0.15, 0.2) is 0 Å². The summed E-state index contributed by atoms with van der Waals surface area (Å²) in [4.78, 5) is 17.9. The highest BCUT2D eigenvalue weighted by Gasteiger charge is 2.19. The Morgan fingerprint density at radius 2 is 1.96 bits per heavy atom. The summed E-state index contributed by atoms with van der Waals surface area (Å²) in [7, 11) is 0. The zero-order chi connectivity index (χ0) is 17.2. The van der Waals surface area contributed by atoms with Crippen molar-refractivity contribution < 1.29 is 4.79 Å². The lowest BCUT2D eigenvalue weighted by Gasteiger charge is -2.26. The smallest absolute Gasteiger partial charge is 0.227 e. The van der Waals surface area contributed by atoms with Crippen LogP contribution in [0.3, 0.4) is 0 Å². The third-order valence-electron chi connectivity index (χ3n) is 5.03. The topological polar surface area (TPSA) is 36.1 Å². The maximum absolute atomic E-state index is 12.5. The number of amides is 1. The van der Waals surface area contributed by atoms with Gasteiger partial charge in [-0.3, -0.25) is 4.79 Å². The molecule has 126 valence electrons. The molecule has 2 aromatic carbocycles. The van der Waals surface area contributed by atoms with Crippen molar-refractivity contribution in [1.82, 2.24) is 9.88 Å². The number of aryl methyl sites for hydroxylation is 1. The Kier molecular flexibility index (Phi) is 4.14. The molecule has 1 N–H and O–H groups in total. The SMILES string of the molecule is Cc1cccc2c(C3=CCN(C(=O)Cc4ccccc4)CC3)c[nH]c12. The van der Waals surface area contributed by atoms with E-state index in [0.717, 1.165) is 18.5 Å². The number of fused-ring (bicyclic) bond motifs is 1. The van der Waals surface area contributed by atoms with E-state index in [4.69, 9.17) is 0 Å². The Morgan fingerprint density at radius 3 is 2.72 bits per heavy atom. The zero-order valence-corrected chi connectivity index (χ0v) is 14.5. The molecule has 0 spiro atoms. The lowest BCUT2D eigenvalue weighted by molar-refractivity contribution is -0.130. The molecule has 1 amide bonds. The van der Waals surface area contributed by atoms with Crippen molar-refractivity contribution in [1.29, 1.82) is 0 Å². The molecule has 1 aromatic heterocycles. The van der Waals surface area contributed by atoms with Crippen molar-refractivity contribution in [3.63, 3.8) is 0 Å². The molecule has 0 saturated carbocycles. The van der Waals surface area contributed by atoms with Crippen LogP contribution < -0.4 is 0 Å². The number of nitrogens with one attached hydrogen (secondary N) is 1. The Morgan fingerprint density at radius 1 is 1.12 bits per heavy atom. The number of benzene rings is 2. The van der Waals surface area contributed by atoms with Crippen molar-refractivity contribution >= 4 is 22.4 Å². The molecule has 3 aromatic rings. The normalized spacial score (nSPS) is 14.6. The van der Waals surface area contributed by atoms with Crippen LogP contribution >= 0.6 is 0 Å². The average molecular weight is 330 g/mol. The van der Waals surface area contributed by atoms with Crippen molar-refractivity contribution in [2.75, 3.05) is 13.1 Å². The lowest BCUT2D eigenvalue weighted by atomic mass is 9.98. The maximum Gasteiger partial charge on any atom is 0.227 e. The molecule has 0 atom stereocenters. The highest BCUT2D eigenvalue weighted by molar-refractivity contribution is 5.94. The van der Waals surface area contributed by atoms with Crippen molar-refractivity contribution in [3.05, 3.63) is 77.5 Å². The van der Waals surface area contributed by atoms with E-state index >= 15 is 0 Å². The first-order valence-electron chi connectivity index (χ1n) is 8.80. The highest BCUT2D eigenvalue weighted by Crippen LogP contribution is 2.30. The van der Waals surface area contributed by atoms with E-state index in [-0.39, 0.29) is 5.91 Å². The van der Waals surface area contributed by atoms with E-state index in [1.165, 1.54) is 27.6 Å². The molecule has 0 saturated heterocycles. The summed E-state index contributed by atoms with van der Waals surface area (Å²) in [6.07, 6.45) is 5.69. The molecular formula is C22H22N2O. The fourth-order valence-corrected chi connectivity index (χ4v) is 3.59. The number of para-hydroxylation sites is 1. The molecule has 3 heteroatoms. The number of carbonyl (C=O) groups excluding carboxylic acids is 1. The Hall–Kier alpha value is -2.81. The number of hydrogen-bond donors (Lipinski definition) is 1. The molecule has 1 aliphatic rings. The van der Waals surface area contributed by atoms with Gasteiger partial charge in [0.1, 0.15) is 0 Å². The molecule has 2 heterocycles. The number of aromatic nitrogens is 1. The van der Waals surface area contributed by atoms with Crippen LogP contribution in [-0.4, -0.2) is 28.9 Å². The van der Waals surface area contributed by atoms with Crippen LogP contribution in [0.2, 0.25) is 0 Å². The van der Waals surface area contributed by atoms with E-state index in [1.807, 2.05) is 35.2 Å². The van der Waals surface area contributed by atoms with Crippen molar-refractivity contribution in [2.24, 2.45) is 0 Å². The maximum atomic E-state index is 12.5. The summed E-state index contributed by atoms with van der Waals surface area (Å²) in [5.41, 5.74) is 6.16. The van der Waals surface area contributed by atoms with Crippen LogP contribution in [0.4, 0.5) is 0 Å². The van der Waals surface area contributed by atoms with Crippen LogP contribution in [0.15, 0.2) is 60.8 Å². The monoisotopic (exact) mass is 330 g/mol. The van der Waals surface area contributed by atoms with Gasteiger partial charge >= 0.3 is 0 Å². The van der Waals surface area contributed by atoms with Crippen molar-refractivity contribution in [3.8, 4) is 0 Å². The molecule has 0 fully saturated rings. The predicted molar refractivity (Wildman–Crippen MR) is 102 cm³/mol. The van der Waals surface area contributed by atoms with Crippen LogP contribution in [0.25, 0.3) is 16.5 Å². The van der Waals surface area contributed by atoms with E-state index in [1.54, 1.807) is 0 Å². The molecule has 25 heavy (non-hydrogen) atoms. The number of carbonyl (C=O) groups is 1. The minimum absolute atomic E-state index is 0.205. The summed E-state index contributed by atoms with van der Waals surface area (Å²) in [5, 5.41) is 1.27. The van der Waals surface area contributed by atoms with E-state index in [2.05, 4.69) is 42.4 Å². The van der Waals surface area contributed by atoms with Gasteiger partial charge in [0.05, 0.1) is 6.42 Å². The van der Waals surface area contributed by atoms with Crippen molar-refractivity contribution in [2.45, 2.75) is 19.8 Å². The molecule has 3 nitrogen and oxygen atoms in total. The first kappa shape index (κ1) is 15.7. The standard InChI is InChI=1S/C22H22N2O/c1-16-6-5-9-19-20(15-23-22(16)19)18-10-12-24(13-11-18)21(25)14-17-7-3-2-4-8-17/h2-10,15,23H,11-14H2,1H3. The van der Waals surface area contributed by atoms with Gasteiger partial charge in [-0.25, -0.2) is 0 Å². The third-order valence-corrected chi connectivity index (χ3v) is 5.03. The number of hydrogen-bond acceptors (Lipinski definition) is 1. The zero-order valence-electron chi connectivity index (χ0n) is 14.5. The predicted octanol–water partition coefficient (Wildman–Crippen LogP) is 4.33. The Balaban J connectivity index is 1.50. The highest BCUT2D eigenvalue weighted by atomic mass is 16.2. The minimum Gasteiger partial charge on any atom is -0.360 e. The number of H-pyrrole nitrogens is 1. The fraction of sp³-hybridized carbons (Fsp3) is 0.227. The minimum atomic E-state index is 0.205. The quantitative estimate of drug-likeness (QED) is 0.762.